The SMILES string of the molecule is COc1cccc(N2CC(CCO)CCC2(C)C)c1. The zero-order valence-electron chi connectivity index (χ0n) is 12.2. The molecule has 1 aromatic carbocycles. The quantitative estimate of drug-likeness (QED) is 0.906. The number of methoxy groups -OCH3 is 1. The normalized spacial score (nSPS) is 22.3. The molecular formula is C16H25NO2. The maximum Gasteiger partial charge on any atom is 0.120 e. The smallest absolute Gasteiger partial charge is 0.120 e. The van der Waals surface area contributed by atoms with Crippen LogP contribution in [0.1, 0.15) is 33.1 Å². The van der Waals surface area contributed by atoms with Crippen molar-refractivity contribution in [2.24, 2.45) is 5.92 Å². The fraction of sp³-hybridized carbons (Fsp3) is 0.625. The highest BCUT2D eigenvalue weighted by molar-refractivity contribution is 5.53. The summed E-state index contributed by atoms with van der Waals surface area (Å²) in [5, 5.41) is 9.15. The van der Waals surface area contributed by atoms with E-state index < -0.39 is 0 Å². The second-order valence-corrected chi connectivity index (χ2v) is 6.04. The van der Waals surface area contributed by atoms with Crippen LogP contribution in [0.2, 0.25) is 0 Å². The molecule has 0 spiro atoms. The van der Waals surface area contributed by atoms with Gasteiger partial charge in [-0.2, -0.15) is 0 Å². The molecule has 1 atom stereocenters. The van der Waals surface area contributed by atoms with Crippen LogP contribution in [0, 0.1) is 5.92 Å². The molecule has 106 valence electrons. The summed E-state index contributed by atoms with van der Waals surface area (Å²) in [6.07, 6.45) is 3.26. The highest BCUT2D eigenvalue weighted by atomic mass is 16.5. The van der Waals surface area contributed by atoms with Gasteiger partial charge in [0.2, 0.25) is 0 Å². The number of hydrogen-bond acceptors (Lipinski definition) is 3. The van der Waals surface area contributed by atoms with Crippen molar-refractivity contribution in [3.8, 4) is 5.75 Å². The number of hydrogen-bond donors (Lipinski definition) is 1. The number of nitrogens with zero attached hydrogens (tertiary/aromatic N) is 1. The Hall–Kier alpha value is -1.22. The third-order valence-corrected chi connectivity index (χ3v) is 4.24. The minimum Gasteiger partial charge on any atom is -0.497 e. The van der Waals surface area contributed by atoms with Crippen LogP contribution < -0.4 is 9.64 Å². The van der Waals surface area contributed by atoms with Crippen LogP contribution in [0.3, 0.4) is 0 Å². The minimum absolute atomic E-state index is 0.165. The molecular weight excluding hydrogens is 238 g/mol. The molecule has 3 nitrogen and oxygen atoms in total. The van der Waals surface area contributed by atoms with E-state index in [1.165, 1.54) is 12.1 Å². The van der Waals surface area contributed by atoms with Gasteiger partial charge in [-0.05, 0) is 51.2 Å². The van der Waals surface area contributed by atoms with Gasteiger partial charge >= 0.3 is 0 Å². The summed E-state index contributed by atoms with van der Waals surface area (Å²) < 4.78 is 5.32. The predicted octanol–water partition coefficient (Wildman–Crippen LogP) is 3.07. The highest BCUT2D eigenvalue weighted by Crippen LogP contribution is 2.36. The van der Waals surface area contributed by atoms with Crippen molar-refractivity contribution >= 4 is 5.69 Å². The average Bonchev–Trinajstić information content (AvgIpc) is 2.41. The Morgan fingerprint density at radius 2 is 2.21 bits per heavy atom. The largest absolute Gasteiger partial charge is 0.497 e. The first-order valence-electron chi connectivity index (χ1n) is 7.09. The molecule has 0 radical (unpaired) electrons. The Balaban J connectivity index is 2.22. The van der Waals surface area contributed by atoms with Gasteiger partial charge < -0.3 is 14.7 Å². The van der Waals surface area contributed by atoms with Crippen LogP contribution in [0.5, 0.6) is 5.75 Å². The number of rotatable bonds is 4. The number of aliphatic hydroxyl groups excluding tert-OH is 1. The summed E-state index contributed by atoms with van der Waals surface area (Å²) in [5.41, 5.74) is 1.38. The van der Waals surface area contributed by atoms with Crippen molar-refractivity contribution < 1.29 is 9.84 Å². The standard InChI is InChI=1S/C16H25NO2/c1-16(2)9-7-13(8-10-18)12-17(16)14-5-4-6-15(11-14)19-3/h4-6,11,13,18H,7-10,12H2,1-3H3. The van der Waals surface area contributed by atoms with Gasteiger partial charge in [0.05, 0.1) is 7.11 Å². The first kappa shape index (κ1) is 14.2. The van der Waals surface area contributed by atoms with Crippen molar-refractivity contribution in [3.05, 3.63) is 24.3 Å². The fourth-order valence-corrected chi connectivity index (χ4v) is 2.94. The molecule has 1 saturated heterocycles. The first-order chi connectivity index (χ1) is 9.06. The lowest BCUT2D eigenvalue weighted by Crippen LogP contribution is -2.50. The molecule has 1 N–H and O–H groups in total. The van der Waals surface area contributed by atoms with Gasteiger partial charge in [-0.1, -0.05) is 6.07 Å². The van der Waals surface area contributed by atoms with E-state index in [9.17, 15) is 0 Å². The average molecular weight is 263 g/mol. The van der Waals surface area contributed by atoms with Gasteiger partial charge in [-0.15, -0.1) is 0 Å². The summed E-state index contributed by atoms with van der Waals surface area (Å²) in [6.45, 7) is 5.89. The molecule has 1 aromatic rings. The van der Waals surface area contributed by atoms with Crippen LogP contribution >= 0.6 is 0 Å². The van der Waals surface area contributed by atoms with E-state index >= 15 is 0 Å². The van der Waals surface area contributed by atoms with Crippen LogP contribution in [0.4, 0.5) is 5.69 Å². The van der Waals surface area contributed by atoms with Crippen LogP contribution in [-0.4, -0.2) is 30.9 Å². The van der Waals surface area contributed by atoms with Gasteiger partial charge in [0, 0.05) is 30.4 Å². The second kappa shape index (κ2) is 5.83. The van der Waals surface area contributed by atoms with Crippen molar-refractivity contribution in [2.75, 3.05) is 25.2 Å². The van der Waals surface area contributed by atoms with E-state index in [0.29, 0.717) is 5.92 Å². The number of aliphatic hydroxyl groups is 1. The lowest BCUT2D eigenvalue weighted by molar-refractivity contribution is 0.217. The zero-order valence-corrected chi connectivity index (χ0v) is 12.2. The van der Waals surface area contributed by atoms with E-state index in [4.69, 9.17) is 9.84 Å². The number of piperidine rings is 1. The lowest BCUT2D eigenvalue weighted by atomic mass is 9.83. The fourth-order valence-electron chi connectivity index (χ4n) is 2.94. The van der Waals surface area contributed by atoms with Crippen molar-refractivity contribution in [1.29, 1.82) is 0 Å². The Labute approximate surface area is 116 Å². The molecule has 0 amide bonds. The topological polar surface area (TPSA) is 32.7 Å². The second-order valence-electron chi connectivity index (χ2n) is 6.04. The lowest BCUT2D eigenvalue weighted by Gasteiger charge is -2.47. The third-order valence-electron chi connectivity index (χ3n) is 4.24. The molecule has 2 rings (SSSR count). The molecule has 1 heterocycles. The summed E-state index contributed by atoms with van der Waals surface area (Å²) in [7, 11) is 1.70. The monoisotopic (exact) mass is 263 g/mol. The van der Waals surface area contributed by atoms with E-state index in [2.05, 4.69) is 30.9 Å². The van der Waals surface area contributed by atoms with Crippen molar-refractivity contribution in [2.45, 2.75) is 38.6 Å². The molecule has 3 heteroatoms. The van der Waals surface area contributed by atoms with Gasteiger partial charge in [0.15, 0.2) is 0 Å². The van der Waals surface area contributed by atoms with E-state index in [1.54, 1.807) is 7.11 Å². The molecule has 1 unspecified atom stereocenters. The number of ether oxygens (including phenoxy) is 1. The molecule has 0 saturated carbocycles. The van der Waals surface area contributed by atoms with Gasteiger partial charge in [-0.25, -0.2) is 0 Å². The molecule has 19 heavy (non-hydrogen) atoms. The highest BCUT2D eigenvalue weighted by Gasteiger charge is 2.34. The summed E-state index contributed by atoms with van der Waals surface area (Å²) >= 11 is 0. The van der Waals surface area contributed by atoms with Gasteiger partial charge in [0.25, 0.3) is 0 Å². The maximum absolute atomic E-state index is 9.15. The minimum atomic E-state index is 0.165. The van der Waals surface area contributed by atoms with Gasteiger partial charge in [-0.3, -0.25) is 0 Å². The van der Waals surface area contributed by atoms with Crippen molar-refractivity contribution in [1.82, 2.24) is 0 Å². The van der Waals surface area contributed by atoms with Crippen molar-refractivity contribution in [3.63, 3.8) is 0 Å². The Bertz CT molecular complexity index is 417. The Morgan fingerprint density at radius 3 is 2.89 bits per heavy atom. The molecule has 0 aromatic heterocycles. The molecule has 1 aliphatic rings. The first-order valence-corrected chi connectivity index (χ1v) is 7.09. The molecule has 1 aliphatic heterocycles. The van der Waals surface area contributed by atoms with Crippen LogP contribution in [-0.2, 0) is 0 Å². The zero-order chi connectivity index (χ0) is 13.9. The van der Waals surface area contributed by atoms with E-state index in [0.717, 1.165) is 25.1 Å². The molecule has 0 aliphatic carbocycles. The van der Waals surface area contributed by atoms with E-state index in [1.807, 2.05) is 12.1 Å². The van der Waals surface area contributed by atoms with Gasteiger partial charge in [0.1, 0.15) is 5.75 Å². The predicted molar refractivity (Wildman–Crippen MR) is 78.8 cm³/mol. The summed E-state index contributed by atoms with van der Waals surface area (Å²) in [4.78, 5) is 2.46. The van der Waals surface area contributed by atoms with Crippen LogP contribution in [0.25, 0.3) is 0 Å². The maximum atomic E-state index is 9.15. The summed E-state index contributed by atoms with van der Waals surface area (Å²) in [6, 6.07) is 8.26. The Kier molecular flexibility index (Phi) is 4.35. The van der Waals surface area contributed by atoms with Crippen LogP contribution in [0.15, 0.2) is 24.3 Å². The third kappa shape index (κ3) is 3.21. The number of anilines is 1. The molecule has 0 bridgehead atoms. The molecule has 1 fully saturated rings. The number of benzene rings is 1. The Morgan fingerprint density at radius 1 is 1.42 bits per heavy atom. The summed E-state index contributed by atoms with van der Waals surface area (Å²) in [5.74, 6) is 1.49. The van der Waals surface area contributed by atoms with E-state index in [-0.39, 0.29) is 12.1 Å².